The van der Waals surface area contributed by atoms with Gasteiger partial charge in [0.25, 0.3) is 0 Å². The average molecular weight is 397 g/mol. The second-order valence-corrected chi connectivity index (χ2v) is 7.03. The van der Waals surface area contributed by atoms with E-state index in [2.05, 4.69) is 12.2 Å². The second kappa shape index (κ2) is 11.9. The number of benzene rings is 2. The molecule has 0 aromatic heterocycles. The quantitative estimate of drug-likeness (QED) is 0.570. The van der Waals surface area contributed by atoms with Crippen molar-refractivity contribution in [1.82, 2.24) is 10.2 Å². The molecule has 0 saturated carbocycles. The molecule has 0 heterocycles. The molecule has 2 rings (SSSR count). The van der Waals surface area contributed by atoms with Crippen molar-refractivity contribution in [3.8, 4) is 5.75 Å². The molecule has 0 aliphatic carbocycles. The van der Waals surface area contributed by atoms with Crippen molar-refractivity contribution in [1.29, 1.82) is 0 Å². The molecule has 0 unspecified atom stereocenters. The van der Waals surface area contributed by atoms with E-state index in [0.29, 0.717) is 19.5 Å². The van der Waals surface area contributed by atoms with Gasteiger partial charge in [0.15, 0.2) is 0 Å². The number of ether oxygens (including phenoxy) is 1. The van der Waals surface area contributed by atoms with Crippen molar-refractivity contribution in [2.45, 2.75) is 52.1 Å². The number of methoxy groups -OCH3 is 1. The highest BCUT2D eigenvalue weighted by atomic mass is 16.5. The maximum absolute atomic E-state index is 13.1. The van der Waals surface area contributed by atoms with Crippen molar-refractivity contribution >= 4 is 11.8 Å². The van der Waals surface area contributed by atoms with Gasteiger partial charge in [-0.15, -0.1) is 0 Å². The topological polar surface area (TPSA) is 58.6 Å². The summed E-state index contributed by atoms with van der Waals surface area (Å²) in [6.07, 6.45) is 3.43. The van der Waals surface area contributed by atoms with Crippen LogP contribution in [-0.4, -0.2) is 30.4 Å². The molecule has 29 heavy (non-hydrogen) atoms. The van der Waals surface area contributed by atoms with E-state index < -0.39 is 6.04 Å². The van der Waals surface area contributed by atoms with Crippen LogP contribution in [0.4, 0.5) is 0 Å². The molecular weight excluding hydrogens is 364 g/mol. The van der Waals surface area contributed by atoms with Crippen LogP contribution < -0.4 is 10.1 Å². The molecule has 0 bridgehead atoms. The minimum Gasteiger partial charge on any atom is -0.497 e. The van der Waals surface area contributed by atoms with E-state index in [0.717, 1.165) is 36.1 Å². The third-order valence-electron chi connectivity index (χ3n) is 4.89. The van der Waals surface area contributed by atoms with Gasteiger partial charge in [0.1, 0.15) is 11.8 Å². The maximum atomic E-state index is 13.1. The predicted molar refractivity (Wildman–Crippen MR) is 116 cm³/mol. The Balaban J connectivity index is 2.30. The monoisotopic (exact) mass is 396 g/mol. The lowest BCUT2D eigenvalue weighted by Crippen LogP contribution is -2.43. The van der Waals surface area contributed by atoms with Crippen LogP contribution >= 0.6 is 0 Å². The first-order valence-corrected chi connectivity index (χ1v) is 10.4. The number of carbonyl (C=O) groups excluding carboxylic acids is 2. The molecule has 156 valence electrons. The summed E-state index contributed by atoms with van der Waals surface area (Å²) in [5.41, 5.74) is 1.77. The lowest BCUT2D eigenvalue weighted by Gasteiger charge is -2.31. The van der Waals surface area contributed by atoms with Crippen LogP contribution in [0, 0.1) is 0 Å². The fourth-order valence-corrected chi connectivity index (χ4v) is 3.25. The van der Waals surface area contributed by atoms with Crippen molar-refractivity contribution < 1.29 is 14.3 Å². The first-order chi connectivity index (χ1) is 14.1. The highest BCUT2D eigenvalue weighted by Gasteiger charge is 2.30. The lowest BCUT2D eigenvalue weighted by molar-refractivity contribution is -0.141. The molecular formula is C24H32N2O3. The zero-order valence-electron chi connectivity index (χ0n) is 17.7. The predicted octanol–water partition coefficient (Wildman–Crippen LogP) is 4.48. The molecule has 0 radical (unpaired) electrons. The first-order valence-electron chi connectivity index (χ1n) is 10.4. The van der Waals surface area contributed by atoms with E-state index in [4.69, 9.17) is 4.74 Å². The van der Waals surface area contributed by atoms with Crippen molar-refractivity contribution in [2.75, 3.05) is 13.7 Å². The number of amides is 2. The molecule has 2 aromatic carbocycles. The summed E-state index contributed by atoms with van der Waals surface area (Å²) in [7, 11) is 1.62. The zero-order valence-corrected chi connectivity index (χ0v) is 17.7. The molecule has 5 nitrogen and oxygen atoms in total. The molecule has 0 aliphatic rings. The van der Waals surface area contributed by atoms with Gasteiger partial charge in [0.2, 0.25) is 11.8 Å². The van der Waals surface area contributed by atoms with E-state index in [-0.39, 0.29) is 11.8 Å². The summed E-state index contributed by atoms with van der Waals surface area (Å²) in [6.45, 7) is 4.93. The Morgan fingerprint density at radius 1 is 1.00 bits per heavy atom. The third kappa shape index (κ3) is 6.63. The van der Waals surface area contributed by atoms with Crippen molar-refractivity contribution in [3.05, 3.63) is 65.7 Å². The second-order valence-electron chi connectivity index (χ2n) is 7.03. The number of carbonyl (C=O) groups is 2. The first kappa shape index (κ1) is 22.5. The highest BCUT2D eigenvalue weighted by molar-refractivity contribution is 5.88. The molecule has 0 spiro atoms. The zero-order chi connectivity index (χ0) is 21.1. The minimum atomic E-state index is -0.660. The molecule has 2 amide bonds. The molecule has 0 fully saturated rings. The van der Waals surface area contributed by atoms with Gasteiger partial charge < -0.3 is 15.0 Å². The van der Waals surface area contributed by atoms with Crippen LogP contribution in [0.1, 0.15) is 56.7 Å². The van der Waals surface area contributed by atoms with Gasteiger partial charge in [0, 0.05) is 19.5 Å². The van der Waals surface area contributed by atoms with Gasteiger partial charge in [0.05, 0.1) is 7.11 Å². The van der Waals surface area contributed by atoms with Crippen LogP contribution in [0.5, 0.6) is 5.75 Å². The van der Waals surface area contributed by atoms with E-state index in [1.54, 1.807) is 12.0 Å². The smallest absolute Gasteiger partial charge is 0.247 e. The van der Waals surface area contributed by atoms with Crippen LogP contribution in [0.3, 0.4) is 0 Å². The van der Waals surface area contributed by atoms with Crippen LogP contribution in [0.25, 0.3) is 0 Å². The summed E-state index contributed by atoms with van der Waals surface area (Å²) >= 11 is 0. The summed E-state index contributed by atoms with van der Waals surface area (Å²) in [5, 5.41) is 3.03. The summed E-state index contributed by atoms with van der Waals surface area (Å²) in [6, 6.07) is 16.4. The van der Waals surface area contributed by atoms with Crippen LogP contribution in [0.15, 0.2) is 54.6 Å². The van der Waals surface area contributed by atoms with Crippen LogP contribution in [-0.2, 0) is 16.1 Å². The molecule has 0 aliphatic heterocycles. The van der Waals surface area contributed by atoms with Gasteiger partial charge in [-0.25, -0.2) is 0 Å². The highest BCUT2D eigenvalue weighted by Crippen LogP contribution is 2.25. The van der Waals surface area contributed by atoms with Gasteiger partial charge in [-0.05, 0) is 29.7 Å². The number of unbranched alkanes of at least 4 members (excludes halogenated alkanes) is 2. The van der Waals surface area contributed by atoms with E-state index in [9.17, 15) is 9.59 Å². The van der Waals surface area contributed by atoms with Gasteiger partial charge in [-0.3, -0.25) is 9.59 Å². The Bertz CT molecular complexity index is 759. The average Bonchev–Trinajstić information content (AvgIpc) is 2.77. The number of nitrogens with zero attached hydrogens (tertiary/aromatic N) is 1. The fraction of sp³-hybridized carbons (Fsp3) is 0.417. The lowest BCUT2D eigenvalue weighted by atomic mass is 10.0. The van der Waals surface area contributed by atoms with E-state index in [1.807, 2.05) is 61.5 Å². The van der Waals surface area contributed by atoms with Gasteiger partial charge in [-0.1, -0.05) is 69.2 Å². The molecule has 0 saturated heterocycles. The molecule has 1 N–H and O–H groups in total. The molecule has 5 heteroatoms. The van der Waals surface area contributed by atoms with Crippen molar-refractivity contribution in [2.24, 2.45) is 0 Å². The SMILES string of the molecule is CCCCCNC(=O)[C@@H](c1ccccc1)N(Cc1ccc(OC)cc1)C(=O)CC. The minimum absolute atomic E-state index is 0.0571. The van der Waals surface area contributed by atoms with Gasteiger partial charge >= 0.3 is 0 Å². The van der Waals surface area contributed by atoms with Gasteiger partial charge in [-0.2, -0.15) is 0 Å². The van der Waals surface area contributed by atoms with Crippen LogP contribution in [0.2, 0.25) is 0 Å². The number of hydrogen-bond donors (Lipinski definition) is 1. The summed E-state index contributed by atoms with van der Waals surface area (Å²) < 4.78 is 5.22. The Kier molecular flexibility index (Phi) is 9.22. The largest absolute Gasteiger partial charge is 0.497 e. The number of nitrogens with one attached hydrogen (secondary N) is 1. The Hall–Kier alpha value is -2.82. The van der Waals surface area contributed by atoms with E-state index >= 15 is 0 Å². The number of hydrogen-bond acceptors (Lipinski definition) is 3. The van der Waals surface area contributed by atoms with E-state index in [1.165, 1.54) is 0 Å². The standard InChI is InChI=1S/C24H32N2O3/c1-4-6-10-17-25-24(28)23(20-11-8-7-9-12-20)26(22(27)5-2)18-19-13-15-21(29-3)16-14-19/h7-9,11-16,23H,4-6,10,17-18H2,1-3H3,(H,25,28)/t23-/m1/s1. The summed E-state index contributed by atoms with van der Waals surface area (Å²) in [5.74, 6) is 0.566. The Labute approximate surface area is 174 Å². The Morgan fingerprint density at radius 2 is 1.69 bits per heavy atom. The fourth-order valence-electron chi connectivity index (χ4n) is 3.25. The third-order valence-corrected chi connectivity index (χ3v) is 4.89. The van der Waals surface area contributed by atoms with Crippen molar-refractivity contribution in [3.63, 3.8) is 0 Å². The molecule has 1 atom stereocenters. The maximum Gasteiger partial charge on any atom is 0.247 e. The normalized spacial score (nSPS) is 11.6. The molecule has 2 aromatic rings. The Morgan fingerprint density at radius 3 is 2.28 bits per heavy atom. The number of rotatable bonds is 11. The summed E-state index contributed by atoms with van der Waals surface area (Å²) in [4.78, 5) is 27.7.